The average Bonchev–Trinajstić information content (AvgIpc) is 3.63. The number of methoxy groups -OCH3 is 1. The maximum absolute atomic E-state index is 14.4. The number of hydrogen-bond acceptors (Lipinski definition) is 10. The minimum Gasteiger partial charge on any atom is -0.540 e. The van der Waals surface area contributed by atoms with Gasteiger partial charge in [0.15, 0.2) is 12.0 Å². The summed E-state index contributed by atoms with van der Waals surface area (Å²) in [6, 6.07) is 7.82. The number of amides is 5. The molecule has 0 bridgehead atoms. The number of carbonyl (C=O) groups excluding carboxylic acids is 5. The van der Waals surface area contributed by atoms with Crippen molar-refractivity contribution in [2.45, 2.75) is 141 Å². The topological polar surface area (TPSA) is 176 Å². The van der Waals surface area contributed by atoms with Crippen molar-refractivity contribution in [3.05, 3.63) is 60.2 Å². The molecule has 2 aromatic carbocycles. The summed E-state index contributed by atoms with van der Waals surface area (Å²) in [4.78, 5) is 72.6. The Morgan fingerprint density at radius 2 is 1.62 bits per heavy atom. The van der Waals surface area contributed by atoms with Crippen LogP contribution in [0.3, 0.4) is 0 Å². The number of hydrogen-bond donors (Lipinski definition) is 3. The third-order valence-electron chi connectivity index (χ3n) is 13.4. The quantitative estimate of drug-likeness (QED) is 0.111. The van der Waals surface area contributed by atoms with Gasteiger partial charge in [-0.3, -0.25) is 19.3 Å². The Morgan fingerprint density at radius 1 is 0.952 bits per heavy atom. The third-order valence-corrected chi connectivity index (χ3v) is 19.4. The van der Waals surface area contributed by atoms with Crippen molar-refractivity contribution in [1.29, 1.82) is 0 Å². The molecule has 1 saturated carbocycles. The molecule has 6 rings (SSSR count). The van der Waals surface area contributed by atoms with Crippen molar-refractivity contribution >= 4 is 49.6 Å². The van der Waals surface area contributed by atoms with Crippen molar-refractivity contribution in [3.63, 3.8) is 0 Å². The van der Waals surface area contributed by atoms with Gasteiger partial charge in [-0.1, -0.05) is 80.2 Å². The fraction of sp³-hybridized carbons (Fsp3) is 0.596. The highest BCUT2D eigenvalue weighted by Gasteiger charge is 2.58. The third kappa shape index (κ3) is 9.86. The van der Waals surface area contributed by atoms with Crippen molar-refractivity contribution in [2.24, 2.45) is 11.3 Å². The minimum absolute atomic E-state index is 0.0332. The Bertz CT molecular complexity index is 2010. The summed E-state index contributed by atoms with van der Waals surface area (Å²) in [5.41, 5.74) is 2.11. The molecule has 1 aliphatic carbocycles. The van der Waals surface area contributed by atoms with E-state index in [-0.39, 0.29) is 58.3 Å². The number of rotatable bonds is 16. The number of fused-ring (bicyclic) bond motifs is 2. The van der Waals surface area contributed by atoms with Gasteiger partial charge in [0.2, 0.25) is 11.8 Å². The van der Waals surface area contributed by atoms with Crippen molar-refractivity contribution in [3.8, 4) is 11.5 Å². The molecule has 0 radical (unpaired) electrons. The number of aliphatic hydroxyl groups is 1. The molecule has 3 N–H and O–H groups in total. The van der Waals surface area contributed by atoms with Crippen LogP contribution in [-0.4, -0.2) is 104 Å². The monoisotopic (exact) mass is 889 g/mol. The summed E-state index contributed by atoms with van der Waals surface area (Å²) in [5.74, 6) is -0.247. The van der Waals surface area contributed by atoms with Gasteiger partial charge in [-0.2, -0.15) is 0 Å². The Hall–Kier alpha value is -5.09. The first kappa shape index (κ1) is 47.4. The fourth-order valence-corrected chi connectivity index (χ4v) is 15.3. The summed E-state index contributed by atoms with van der Waals surface area (Å²) in [6.07, 6.45) is 2.59. The van der Waals surface area contributed by atoms with E-state index in [2.05, 4.69) is 58.8 Å². The van der Waals surface area contributed by atoms with E-state index in [9.17, 15) is 29.1 Å². The van der Waals surface area contributed by atoms with Crippen LogP contribution >= 0.6 is 0 Å². The lowest BCUT2D eigenvalue weighted by atomic mass is 10.0. The summed E-state index contributed by atoms with van der Waals surface area (Å²) in [5, 5.41) is 17.9. The highest BCUT2D eigenvalue weighted by atomic mass is 28.4. The Kier molecular flexibility index (Phi) is 14.5. The van der Waals surface area contributed by atoms with Crippen LogP contribution in [0.15, 0.2) is 49.1 Å². The van der Waals surface area contributed by atoms with E-state index in [0.717, 1.165) is 12.8 Å². The lowest BCUT2D eigenvalue weighted by Crippen LogP contribution is -2.52. The van der Waals surface area contributed by atoms with Gasteiger partial charge >= 0.3 is 12.2 Å². The molecule has 2 saturated heterocycles. The number of carbonyl (C=O) groups is 5. The van der Waals surface area contributed by atoms with E-state index in [1.165, 1.54) is 23.0 Å². The van der Waals surface area contributed by atoms with Gasteiger partial charge in [-0.15, -0.1) is 0 Å². The van der Waals surface area contributed by atoms with Gasteiger partial charge in [0, 0.05) is 24.8 Å². The largest absolute Gasteiger partial charge is 0.540 e. The first-order chi connectivity index (χ1) is 29.9. The molecule has 63 heavy (non-hydrogen) atoms. The maximum Gasteiger partial charge on any atom is 0.416 e. The molecule has 4 atom stereocenters. The smallest absolute Gasteiger partial charge is 0.416 e. The van der Waals surface area contributed by atoms with Crippen LogP contribution in [0.2, 0.25) is 16.6 Å². The molecular formula is C47H67N5O10Si. The van der Waals surface area contributed by atoms with Gasteiger partial charge in [0.25, 0.3) is 14.2 Å². The summed E-state index contributed by atoms with van der Waals surface area (Å²) >= 11 is 0. The van der Waals surface area contributed by atoms with E-state index in [1.807, 2.05) is 13.8 Å². The van der Waals surface area contributed by atoms with Gasteiger partial charge in [0.05, 0.1) is 24.4 Å². The molecule has 1 spiro atoms. The highest BCUT2D eigenvalue weighted by Crippen LogP contribution is 2.57. The van der Waals surface area contributed by atoms with E-state index in [0.29, 0.717) is 61.5 Å². The average molecular weight is 890 g/mol. The van der Waals surface area contributed by atoms with Crippen LogP contribution in [-0.2, 0) is 25.7 Å². The SMILES string of the molecule is C=CCOC(=O)N1CCC[C@H]1C(=O)N[C@@H](CC(C)C)C(=O)Nc1ccc(COC(=O)N2c3cc(O[Si](C(C)C)(C(C)C)C(C)C)c(OC)cc3C(=O)N3CC4(CC4)C[C@H]3C2O)cc1. The fourth-order valence-electron chi connectivity index (χ4n) is 10.1. The van der Waals surface area contributed by atoms with Gasteiger partial charge in [-0.05, 0) is 90.2 Å². The van der Waals surface area contributed by atoms with Crippen LogP contribution in [0, 0.1) is 11.3 Å². The van der Waals surface area contributed by atoms with Gasteiger partial charge in [0.1, 0.15) is 31.0 Å². The second-order valence-electron chi connectivity index (χ2n) is 19.1. The molecule has 16 heteroatoms. The van der Waals surface area contributed by atoms with Crippen LogP contribution in [0.4, 0.5) is 21.0 Å². The predicted octanol–water partition coefficient (Wildman–Crippen LogP) is 7.98. The second-order valence-corrected chi connectivity index (χ2v) is 24.5. The van der Waals surface area contributed by atoms with Crippen molar-refractivity contribution < 1.29 is 47.7 Å². The van der Waals surface area contributed by atoms with Gasteiger partial charge < -0.3 is 39.3 Å². The summed E-state index contributed by atoms with van der Waals surface area (Å²) in [6.45, 7) is 21.2. The Morgan fingerprint density at radius 3 is 2.21 bits per heavy atom. The molecule has 344 valence electrons. The standard InChI is InChI=1S/C47H67N5O10Si/c1-11-21-60-45(57)50-20-12-13-36(50)42(54)49-35(22-28(2)3)41(53)48-33-16-14-32(15-17-33)26-61-46(58)52-37-24-40(62-63(29(4)5,30(6)7)31(8)9)39(59-10)23-34(37)43(55)51-27-47(18-19-47)25-38(51)44(52)56/h11,14-17,23-24,28-31,35-36,38,44,56H,1,12-13,18-22,25-27H2,2-10H3,(H,48,53)(H,49,54)/t35-,36-,38-,44?/m0/s1. The number of benzene rings is 2. The molecular weight excluding hydrogens is 823 g/mol. The molecule has 0 aromatic heterocycles. The maximum atomic E-state index is 14.4. The molecule has 5 amide bonds. The van der Waals surface area contributed by atoms with Crippen LogP contribution in [0.1, 0.15) is 110 Å². The predicted molar refractivity (Wildman–Crippen MR) is 242 cm³/mol. The van der Waals surface area contributed by atoms with E-state index >= 15 is 0 Å². The molecule has 3 fully saturated rings. The molecule has 3 heterocycles. The van der Waals surface area contributed by atoms with Crippen molar-refractivity contribution in [1.82, 2.24) is 15.1 Å². The zero-order valence-corrected chi connectivity index (χ0v) is 39.4. The van der Waals surface area contributed by atoms with Crippen LogP contribution in [0.5, 0.6) is 11.5 Å². The molecule has 15 nitrogen and oxygen atoms in total. The highest BCUT2D eigenvalue weighted by molar-refractivity contribution is 6.78. The van der Waals surface area contributed by atoms with Crippen molar-refractivity contribution in [2.75, 3.05) is 37.0 Å². The number of ether oxygens (including phenoxy) is 3. The number of anilines is 2. The number of aliphatic hydroxyl groups excluding tert-OH is 1. The first-order valence-electron chi connectivity index (χ1n) is 22.5. The Labute approximate surface area is 372 Å². The van der Waals surface area contributed by atoms with Crippen LogP contribution in [0.25, 0.3) is 0 Å². The zero-order valence-electron chi connectivity index (χ0n) is 38.4. The van der Waals surface area contributed by atoms with Gasteiger partial charge in [-0.25, -0.2) is 14.5 Å². The number of likely N-dealkylation sites (tertiary alicyclic amines) is 1. The van der Waals surface area contributed by atoms with E-state index in [4.69, 9.17) is 18.6 Å². The molecule has 4 aliphatic rings. The number of nitrogens with one attached hydrogen (secondary N) is 2. The molecule has 3 aliphatic heterocycles. The Balaban J connectivity index is 1.19. The lowest BCUT2D eigenvalue weighted by molar-refractivity contribution is -0.129. The summed E-state index contributed by atoms with van der Waals surface area (Å²) < 4.78 is 24.0. The normalized spacial score (nSPS) is 20.7. The van der Waals surface area contributed by atoms with Crippen LogP contribution < -0.4 is 24.7 Å². The zero-order chi connectivity index (χ0) is 46.0. The number of nitrogens with zero attached hydrogens (tertiary/aromatic N) is 3. The van der Waals surface area contributed by atoms with E-state index in [1.54, 1.807) is 41.3 Å². The molecule has 2 aromatic rings. The molecule has 1 unspecified atom stereocenters. The summed E-state index contributed by atoms with van der Waals surface area (Å²) in [7, 11) is -1.00. The second kappa shape index (κ2) is 19.3. The lowest BCUT2D eigenvalue weighted by Gasteiger charge is -2.42. The minimum atomic E-state index is -2.54. The van der Waals surface area contributed by atoms with E-state index < -0.39 is 56.7 Å². The first-order valence-corrected chi connectivity index (χ1v) is 24.6.